The second-order valence-corrected chi connectivity index (χ2v) is 4.52. The van der Waals surface area contributed by atoms with E-state index in [2.05, 4.69) is 9.97 Å². The average Bonchev–Trinajstić information content (AvgIpc) is 3.01. The lowest BCUT2D eigenvalue weighted by Crippen LogP contribution is -2.33. The summed E-state index contributed by atoms with van der Waals surface area (Å²) >= 11 is 0. The number of aliphatic hydroxyl groups is 3. The zero-order valence-corrected chi connectivity index (χ0v) is 10.3. The van der Waals surface area contributed by atoms with Crippen molar-refractivity contribution >= 4 is 16.9 Å². The number of hydrogen-bond acceptors (Lipinski definition) is 8. The highest BCUT2D eigenvalue weighted by Gasteiger charge is 2.43. The second kappa shape index (κ2) is 4.96. The minimum Gasteiger partial charge on any atom is -0.394 e. The molecule has 1 aliphatic heterocycles. The molecule has 0 aliphatic carbocycles. The highest BCUT2D eigenvalue weighted by molar-refractivity contribution is 5.86. The van der Waals surface area contributed by atoms with Crippen LogP contribution in [-0.2, 0) is 4.74 Å². The first-order chi connectivity index (χ1) is 9.67. The number of nitrogens with one attached hydrogen (secondary N) is 1. The summed E-state index contributed by atoms with van der Waals surface area (Å²) in [4.78, 5) is 7.92. The van der Waals surface area contributed by atoms with E-state index in [4.69, 9.17) is 15.1 Å². The van der Waals surface area contributed by atoms with Crippen molar-refractivity contribution < 1.29 is 25.3 Å². The fourth-order valence-electron chi connectivity index (χ4n) is 2.38. The number of anilines is 1. The topological polar surface area (TPSA) is 133 Å². The van der Waals surface area contributed by atoms with Crippen LogP contribution in [-0.4, -0.2) is 60.0 Å². The molecule has 1 fully saturated rings. The first-order valence-corrected chi connectivity index (χ1v) is 6.01. The Balaban J connectivity index is 2.03. The predicted octanol–water partition coefficient (Wildman–Crippen LogP) is -1.16. The van der Waals surface area contributed by atoms with Crippen LogP contribution in [0, 0.1) is 0 Å². The number of aliphatic hydroxyl groups excluding tert-OH is 3. The molecule has 2 aromatic rings. The Labute approximate surface area is 113 Å². The van der Waals surface area contributed by atoms with Gasteiger partial charge in [0.25, 0.3) is 0 Å². The van der Waals surface area contributed by atoms with Gasteiger partial charge in [-0.1, -0.05) is 0 Å². The standard InChI is InChI=1S/C11H14N4O5/c16-3-6-7(17)8(18)11(20-6)15-2-1-5-9(14-19)12-4-13-10(5)15/h1-2,4,6-8,11,16-19H,3H2,(H,12,13,14)/t6-,7+,8+,11-/m0/s1. The van der Waals surface area contributed by atoms with Gasteiger partial charge in [0.15, 0.2) is 12.0 Å². The number of fused-ring (bicyclic) bond motifs is 1. The summed E-state index contributed by atoms with van der Waals surface area (Å²) in [7, 11) is 0. The van der Waals surface area contributed by atoms with Gasteiger partial charge < -0.3 is 24.6 Å². The fraction of sp³-hybridized carbons (Fsp3) is 0.455. The van der Waals surface area contributed by atoms with Gasteiger partial charge in [-0.15, -0.1) is 0 Å². The average molecular weight is 282 g/mol. The second-order valence-electron chi connectivity index (χ2n) is 4.52. The van der Waals surface area contributed by atoms with Gasteiger partial charge in [-0.2, -0.15) is 0 Å². The fourth-order valence-corrected chi connectivity index (χ4v) is 2.38. The first kappa shape index (κ1) is 13.2. The summed E-state index contributed by atoms with van der Waals surface area (Å²) in [5.41, 5.74) is 2.38. The Bertz CT molecular complexity index is 618. The van der Waals surface area contributed by atoms with Crippen molar-refractivity contribution in [2.75, 3.05) is 12.1 Å². The number of ether oxygens (including phenoxy) is 1. The predicted molar refractivity (Wildman–Crippen MR) is 65.9 cm³/mol. The third-order valence-corrected chi connectivity index (χ3v) is 3.41. The Morgan fingerprint density at radius 1 is 1.30 bits per heavy atom. The summed E-state index contributed by atoms with van der Waals surface area (Å²) in [6.45, 7) is -0.396. The van der Waals surface area contributed by atoms with E-state index in [-0.39, 0.29) is 5.82 Å². The lowest BCUT2D eigenvalue weighted by Gasteiger charge is -2.17. The van der Waals surface area contributed by atoms with Gasteiger partial charge in [0.05, 0.1) is 12.0 Å². The third kappa shape index (κ3) is 1.84. The summed E-state index contributed by atoms with van der Waals surface area (Å²) in [6.07, 6.45) is -1.26. The molecule has 0 bridgehead atoms. The van der Waals surface area contributed by atoms with Crippen molar-refractivity contribution in [3.05, 3.63) is 18.6 Å². The van der Waals surface area contributed by atoms with Crippen LogP contribution >= 0.6 is 0 Å². The number of rotatable bonds is 3. The summed E-state index contributed by atoms with van der Waals surface area (Å²) in [5, 5.41) is 38.4. The maximum absolute atomic E-state index is 10.0. The first-order valence-electron chi connectivity index (χ1n) is 6.01. The van der Waals surface area contributed by atoms with Crippen LogP contribution in [0.25, 0.3) is 11.0 Å². The van der Waals surface area contributed by atoms with Crippen LogP contribution in [0.15, 0.2) is 18.6 Å². The van der Waals surface area contributed by atoms with E-state index < -0.39 is 31.1 Å². The molecule has 9 heteroatoms. The lowest BCUT2D eigenvalue weighted by atomic mass is 10.1. The third-order valence-electron chi connectivity index (χ3n) is 3.41. The van der Waals surface area contributed by atoms with E-state index >= 15 is 0 Å². The summed E-state index contributed by atoms with van der Waals surface area (Å²) < 4.78 is 6.95. The van der Waals surface area contributed by atoms with Gasteiger partial charge in [-0.3, -0.25) is 10.7 Å². The lowest BCUT2D eigenvalue weighted by molar-refractivity contribution is -0.0508. The molecule has 2 aromatic heterocycles. The van der Waals surface area contributed by atoms with Crippen molar-refractivity contribution in [1.29, 1.82) is 0 Å². The molecule has 9 nitrogen and oxygen atoms in total. The molecule has 108 valence electrons. The molecule has 3 rings (SSSR count). The molecule has 0 saturated carbocycles. The molecule has 20 heavy (non-hydrogen) atoms. The minimum atomic E-state index is -1.19. The maximum atomic E-state index is 10.0. The Kier molecular flexibility index (Phi) is 3.28. The smallest absolute Gasteiger partial charge is 0.164 e. The van der Waals surface area contributed by atoms with E-state index in [9.17, 15) is 10.2 Å². The molecule has 0 unspecified atom stereocenters. The molecule has 0 amide bonds. The normalized spacial score (nSPS) is 30.0. The molecule has 5 N–H and O–H groups in total. The quantitative estimate of drug-likeness (QED) is 0.445. The van der Waals surface area contributed by atoms with Gasteiger partial charge in [0.2, 0.25) is 0 Å². The van der Waals surface area contributed by atoms with E-state index in [0.29, 0.717) is 11.0 Å². The van der Waals surface area contributed by atoms with Crippen LogP contribution in [0.1, 0.15) is 6.23 Å². The van der Waals surface area contributed by atoms with Crippen molar-refractivity contribution in [3.63, 3.8) is 0 Å². The van der Waals surface area contributed by atoms with Crippen LogP contribution in [0.5, 0.6) is 0 Å². The SMILES string of the molecule is OC[C@@H]1O[C@H](n2ccc3c(NO)ncnc32)[C@H](O)[C@@H]1O. The van der Waals surface area contributed by atoms with Gasteiger partial charge in [-0.25, -0.2) is 9.97 Å². The summed E-state index contributed by atoms with van der Waals surface area (Å²) in [6, 6.07) is 1.64. The van der Waals surface area contributed by atoms with Gasteiger partial charge in [0.1, 0.15) is 30.3 Å². The molecular formula is C11H14N4O5. The molecule has 3 heterocycles. The van der Waals surface area contributed by atoms with Crippen LogP contribution < -0.4 is 5.48 Å². The molecular weight excluding hydrogens is 268 g/mol. The van der Waals surface area contributed by atoms with Crippen LogP contribution in [0.4, 0.5) is 5.82 Å². The molecule has 1 saturated heterocycles. The number of nitrogens with zero attached hydrogens (tertiary/aromatic N) is 3. The molecule has 1 aliphatic rings. The number of hydrogen-bond donors (Lipinski definition) is 5. The summed E-state index contributed by atoms with van der Waals surface area (Å²) in [5.74, 6) is 0.223. The van der Waals surface area contributed by atoms with Crippen LogP contribution in [0.3, 0.4) is 0 Å². The van der Waals surface area contributed by atoms with Gasteiger partial charge in [0, 0.05) is 6.20 Å². The van der Waals surface area contributed by atoms with E-state index in [1.165, 1.54) is 10.9 Å². The minimum absolute atomic E-state index is 0.223. The Hall–Kier alpha value is -1.78. The Morgan fingerprint density at radius 3 is 2.75 bits per heavy atom. The zero-order chi connectivity index (χ0) is 14.3. The highest BCUT2D eigenvalue weighted by atomic mass is 16.6. The van der Waals surface area contributed by atoms with Crippen molar-refractivity contribution in [3.8, 4) is 0 Å². The monoisotopic (exact) mass is 282 g/mol. The number of aromatic nitrogens is 3. The van der Waals surface area contributed by atoms with Crippen molar-refractivity contribution in [2.24, 2.45) is 0 Å². The molecule has 0 aromatic carbocycles. The van der Waals surface area contributed by atoms with E-state index in [0.717, 1.165) is 0 Å². The molecule has 4 atom stereocenters. The molecule has 0 radical (unpaired) electrons. The van der Waals surface area contributed by atoms with Gasteiger partial charge >= 0.3 is 0 Å². The zero-order valence-electron chi connectivity index (χ0n) is 10.3. The van der Waals surface area contributed by atoms with E-state index in [1.54, 1.807) is 12.3 Å². The Morgan fingerprint density at radius 2 is 2.10 bits per heavy atom. The molecule has 0 spiro atoms. The van der Waals surface area contributed by atoms with Gasteiger partial charge in [-0.05, 0) is 6.07 Å². The highest BCUT2D eigenvalue weighted by Crippen LogP contribution is 2.32. The maximum Gasteiger partial charge on any atom is 0.164 e. The largest absolute Gasteiger partial charge is 0.394 e. The van der Waals surface area contributed by atoms with Crippen molar-refractivity contribution in [2.45, 2.75) is 24.5 Å². The van der Waals surface area contributed by atoms with Crippen LogP contribution in [0.2, 0.25) is 0 Å². The van der Waals surface area contributed by atoms with E-state index in [1.807, 2.05) is 5.48 Å². The van der Waals surface area contributed by atoms with Crippen molar-refractivity contribution in [1.82, 2.24) is 14.5 Å².